The topological polar surface area (TPSA) is 84.8 Å². The minimum absolute atomic E-state index is 0.246. The van der Waals surface area contributed by atoms with Gasteiger partial charge in [-0.05, 0) is 30.6 Å². The van der Waals surface area contributed by atoms with Crippen LogP contribution >= 0.6 is 23.6 Å². The van der Waals surface area contributed by atoms with E-state index in [1.54, 1.807) is 16.5 Å². The predicted molar refractivity (Wildman–Crippen MR) is 109 cm³/mol. The molecule has 2 N–H and O–H groups in total. The Morgan fingerprint density at radius 1 is 1.30 bits per heavy atom. The SMILES string of the molecule is COc1cc2c(=O)[nH]c3c(C(=O)NCCC(C)C)sc(=S)n3c2cc1OC. The molecule has 0 saturated carbocycles. The number of nitrogens with zero attached hydrogens (tertiary/aromatic N) is 1. The lowest BCUT2D eigenvalue weighted by molar-refractivity contribution is 0.0957. The van der Waals surface area contributed by atoms with Gasteiger partial charge in [-0.3, -0.25) is 14.0 Å². The van der Waals surface area contributed by atoms with Crippen molar-refractivity contribution >= 4 is 46.0 Å². The quantitative estimate of drug-likeness (QED) is 0.612. The van der Waals surface area contributed by atoms with Crippen molar-refractivity contribution in [3.8, 4) is 11.5 Å². The highest BCUT2D eigenvalue weighted by Crippen LogP contribution is 2.32. The number of ether oxygens (including phenoxy) is 2. The smallest absolute Gasteiger partial charge is 0.265 e. The number of rotatable bonds is 6. The van der Waals surface area contributed by atoms with Crippen LogP contribution in [0.3, 0.4) is 0 Å². The van der Waals surface area contributed by atoms with Gasteiger partial charge in [0.25, 0.3) is 11.5 Å². The van der Waals surface area contributed by atoms with Crippen LogP contribution in [0.1, 0.15) is 29.9 Å². The molecule has 0 radical (unpaired) electrons. The van der Waals surface area contributed by atoms with Crippen molar-refractivity contribution in [3.63, 3.8) is 0 Å². The molecular formula is C18H21N3O4S2. The molecule has 0 bridgehead atoms. The van der Waals surface area contributed by atoms with E-state index in [1.165, 1.54) is 25.6 Å². The Labute approximate surface area is 164 Å². The molecule has 0 spiro atoms. The largest absolute Gasteiger partial charge is 0.493 e. The molecule has 0 aliphatic heterocycles. The molecule has 3 rings (SSSR count). The molecule has 0 saturated heterocycles. The molecule has 1 amide bonds. The average molecular weight is 408 g/mol. The Balaban J connectivity index is 2.19. The zero-order valence-corrected chi connectivity index (χ0v) is 17.2. The minimum Gasteiger partial charge on any atom is -0.493 e. The first kappa shape index (κ1) is 19.4. The molecule has 144 valence electrons. The van der Waals surface area contributed by atoms with Gasteiger partial charge >= 0.3 is 0 Å². The number of H-pyrrole nitrogens is 1. The van der Waals surface area contributed by atoms with E-state index in [1.807, 2.05) is 0 Å². The Hall–Kier alpha value is -2.39. The number of aromatic nitrogens is 2. The Morgan fingerprint density at radius 2 is 1.96 bits per heavy atom. The van der Waals surface area contributed by atoms with Crippen LogP contribution in [0.4, 0.5) is 0 Å². The second kappa shape index (κ2) is 7.69. The second-order valence-corrected chi connectivity index (χ2v) is 8.14. The molecule has 0 fully saturated rings. The number of hydrogen-bond acceptors (Lipinski definition) is 6. The Kier molecular flexibility index (Phi) is 5.52. The van der Waals surface area contributed by atoms with Crippen molar-refractivity contribution in [1.29, 1.82) is 0 Å². The minimum atomic E-state index is -0.324. The summed E-state index contributed by atoms with van der Waals surface area (Å²) in [5, 5.41) is 3.29. The summed E-state index contributed by atoms with van der Waals surface area (Å²) in [6.45, 7) is 4.75. The number of aromatic amines is 1. The Morgan fingerprint density at radius 3 is 2.59 bits per heavy atom. The fraction of sp³-hybridized carbons (Fsp3) is 0.389. The number of thiazole rings is 1. The van der Waals surface area contributed by atoms with Gasteiger partial charge in [0, 0.05) is 12.6 Å². The molecular weight excluding hydrogens is 386 g/mol. The third kappa shape index (κ3) is 3.57. The molecule has 0 unspecified atom stereocenters. The summed E-state index contributed by atoms with van der Waals surface area (Å²) in [5.74, 6) is 1.17. The van der Waals surface area contributed by atoms with E-state index < -0.39 is 0 Å². The van der Waals surface area contributed by atoms with Gasteiger partial charge in [-0.25, -0.2) is 0 Å². The summed E-state index contributed by atoms with van der Waals surface area (Å²) in [6.07, 6.45) is 0.874. The van der Waals surface area contributed by atoms with Crippen molar-refractivity contribution in [2.24, 2.45) is 5.92 Å². The first-order valence-corrected chi connectivity index (χ1v) is 9.71. The number of nitrogens with one attached hydrogen (secondary N) is 2. The number of benzene rings is 1. The van der Waals surface area contributed by atoms with Crippen LogP contribution in [0.2, 0.25) is 0 Å². The summed E-state index contributed by atoms with van der Waals surface area (Å²) in [7, 11) is 3.03. The standard InChI is InChI=1S/C18H21N3O4S2/c1-9(2)5-6-19-17(23)14-15-20-16(22)10-7-12(24-3)13(25-4)8-11(10)21(15)18(26)27-14/h7-9H,5-6H2,1-4H3,(H,19,23)(H,20,22). The molecule has 7 nitrogen and oxygen atoms in total. The van der Waals surface area contributed by atoms with Crippen molar-refractivity contribution in [2.75, 3.05) is 20.8 Å². The summed E-state index contributed by atoms with van der Waals surface area (Å²) in [5.41, 5.74) is 0.626. The number of amides is 1. The molecule has 0 aliphatic carbocycles. The molecule has 3 aromatic rings. The van der Waals surface area contributed by atoms with Crippen molar-refractivity contribution in [2.45, 2.75) is 20.3 Å². The summed E-state index contributed by atoms with van der Waals surface area (Å²) < 4.78 is 12.8. The predicted octanol–water partition coefficient (Wildman–Crippen LogP) is 3.36. The zero-order valence-electron chi connectivity index (χ0n) is 15.5. The van der Waals surface area contributed by atoms with Crippen LogP contribution in [-0.4, -0.2) is 36.1 Å². The lowest BCUT2D eigenvalue weighted by Gasteiger charge is -2.10. The third-order valence-corrected chi connectivity index (χ3v) is 5.62. The van der Waals surface area contributed by atoms with Crippen LogP contribution in [0.25, 0.3) is 16.6 Å². The van der Waals surface area contributed by atoms with Gasteiger partial charge in [0.1, 0.15) is 10.5 Å². The first-order valence-electron chi connectivity index (χ1n) is 8.49. The van der Waals surface area contributed by atoms with Crippen LogP contribution in [0, 0.1) is 9.87 Å². The van der Waals surface area contributed by atoms with Crippen LogP contribution in [0.5, 0.6) is 11.5 Å². The van der Waals surface area contributed by atoms with Crippen LogP contribution in [-0.2, 0) is 0 Å². The number of methoxy groups -OCH3 is 2. The van der Waals surface area contributed by atoms with Gasteiger partial charge in [-0.2, -0.15) is 0 Å². The molecule has 0 aliphatic rings. The number of fused-ring (bicyclic) bond motifs is 3. The highest BCUT2D eigenvalue weighted by Gasteiger charge is 2.19. The van der Waals surface area contributed by atoms with Gasteiger partial charge in [0.05, 0.1) is 25.1 Å². The number of hydrogen-bond donors (Lipinski definition) is 2. The first-order chi connectivity index (χ1) is 12.9. The van der Waals surface area contributed by atoms with E-state index in [-0.39, 0.29) is 11.5 Å². The van der Waals surface area contributed by atoms with Crippen molar-refractivity contribution < 1.29 is 14.3 Å². The average Bonchev–Trinajstić information content (AvgIpc) is 2.96. The van der Waals surface area contributed by atoms with Crippen LogP contribution in [0.15, 0.2) is 16.9 Å². The fourth-order valence-corrected chi connectivity index (χ4v) is 4.12. The van der Waals surface area contributed by atoms with E-state index in [9.17, 15) is 9.59 Å². The van der Waals surface area contributed by atoms with E-state index in [2.05, 4.69) is 24.1 Å². The zero-order chi connectivity index (χ0) is 19.7. The highest BCUT2D eigenvalue weighted by molar-refractivity contribution is 7.73. The highest BCUT2D eigenvalue weighted by atomic mass is 32.1. The maximum atomic E-state index is 12.6. The molecule has 2 heterocycles. The maximum Gasteiger partial charge on any atom is 0.265 e. The van der Waals surface area contributed by atoms with E-state index in [4.69, 9.17) is 21.7 Å². The normalized spacial score (nSPS) is 11.3. The number of carbonyl (C=O) groups is 1. The molecule has 27 heavy (non-hydrogen) atoms. The fourth-order valence-electron chi connectivity index (χ4n) is 2.82. The van der Waals surface area contributed by atoms with Crippen molar-refractivity contribution in [3.05, 3.63) is 31.3 Å². The monoisotopic (exact) mass is 407 g/mol. The van der Waals surface area contributed by atoms with Crippen molar-refractivity contribution in [1.82, 2.24) is 14.7 Å². The molecule has 1 aromatic carbocycles. The van der Waals surface area contributed by atoms with Gasteiger partial charge in [-0.15, -0.1) is 0 Å². The van der Waals surface area contributed by atoms with E-state index >= 15 is 0 Å². The Bertz CT molecular complexity index is 1130. The summed E-state index contributed by atoms with van der Waals surface area (Å²) in [4.78, 5) is 28.4. The van der Waals surface area contributed by atoms with Crippen LogP contribution < -0.4 is 20.3 Å². The molecule has 9 heteroatoms. The maximum absolute atomic E-state index is 12.6. The van der Waals surface area contributed by atoms with Gasteiger partial charge in [-0.1, -0.05) is 25.2 Å². The van der Waals surface area contributed by atoms with Gasteiger partial charge < -0.3 is 19.8 Å². The lowest BCUT2D eigenvalue weighted by atomic mass is 10.1. The number of carbonyl (C=O) groups excluding carboxylic acids is 1. The lowest BCUT2D eigenvalue weighted by Crippen LogP contribution is -2.25. The van der Waals surface area contributed by atoms with E-state index in [0.29, 0.717) is 49.3 Å². The molecule has 0 atom stereocenters. The summed E-state index contributed by atoms with van der Waals surface area (Å²) in [6, 6.07) is 3.30. The van der Waals surface area contributed by atoms with Gasteiger partial charge in [0.15, 0.2) is 15.5 Å². The second-order valence-electron chi connectivity index (χ2n) is 6.50. The third-order valence-electron chi connectivity index (χ3n) is 4.24. The van der Waals surface area contributed by atoms with E-state index in [0.717, 1.165) is 6.42 Å². The van der Waals surface area contributed by atoms with Gasteiger partial charge in [0.2, 0.25) is 0 Å². The molecule has 2 aromatic heterocycles. The summed E-state index contributed by atoms with van der Waals surface area (Å²) >= 11 is 6.63.